The lowest BCUT2D eigenvalue weighted by molar-refractivity contribution is 0.0693. The summed E-state index contributed by atoms with van der Waals surface area (Å²) in [5.41, 5.74) is 2.56. The smallest absolute Gasteiger partial charge is 0.339 e. The van der Waals surface area contributed by atoms with Gasteiger partial charge >= 0.3 is 5.97 Å². The number of phenols is 6. The molecule has 8 heteroatoms. The SMILES string of the molecule is O=C(O)c1ccc(CCc2cc(O)c(O)cc2CCc2cc(O)c(O)c(O)c2)cc1O. The highest BCUT2D eigenvalue weighted by Crippen LogP contribution is 2.36. The van der Waals surface area contributed by atoms with Gasteiger partial charge in [0.1, 0.15) is 11.3 Å². The standard InChI is InChI=1S/C23H22O8/c24-17-7-12(3-6-16(17)23(30)31)1-4-14-10-18(25)19(26)11-15(14)5-2-13-8-20(27)22(29)21(28)9-13/h3,6-11,24-29H,1-2,4-5H2,(H,30,31). The predicted octanol–water partition coefficient (Wildman–Crippen LogP) is 3.19. The van der Waals surface area contributed by atoms with Gasteiger partial charge in [0.05, 0.1) is 0 Å². The number of carboxylic acids is 1. The Bertz CT molecular complexity index is 1110. The summed E-state index contributed by atoms with van der Waals surface area (Å²) in [6.45, 7) is 0. The summed E-state index contributed by atoms with van der Waals surface area (Å²) in [5, 5.41) is 67.4. The van der Waals surface area contributed by atoms with E-state index in [1.54, 1.807) is 6.07 Å². The molecule has 0 unspecified atom stereocenters. The first-order valence-corrected chi connectivity index (χ1v) is 9.48. The number of aromatic carboxylic acids is 1. The molecule has 0 radical (unpaired) electrons. The molecule has 3 rings (SSSR count). The number of carboxylic acid groups (broad SMARTS) is 1. The first kappa shape index (κ1) is 21.6. The molecule has 0 atom stereocenters. The molecule has 0 aromatic heterocycles. The average Bonchev–Trinajstić information content (AvgIpc) is 2.71. The number of carbonyl (C=O) groups is 1. The van der Waals surface area contributed by atoms with Crippen LogP contribution >= 0.6 is 0 Å². The van der Waals surface area contributed by atoms with Gasteiger partial charge in [-0.1, -0.05) is 6.07 Å². The maximum absolute atomic E-state index is 11.0. The van der Waals surface area contributed by atoms with Crippen molar-refractivity contribution >= 4 is 5.97 Å². The van der Waals surface area contributed by atoms with Crippen LogP contribution in [0.4, 0.5) is 0 Å². The molecule has 0 heterocycles. The van der Waals surface area contributed by atoms with Crippen molar-refractivity contribution in [1.82, 2.24) is 0 Å². The van der Waals surface area contributed by atoms with Crippen LogP contribution in [0, 0.1) is 0 Å². The Hall–Kier alpha value is -4.07. The summed E-state index contributed by atoms with van der Waals surface area (Å²) in [7, 11) is 0. The summed E-state index contributed by atoms with van der Waals surface area (Å²) in [5.74, 6) is -3.57. The van der Waals surface area contributed by atoms with Crippen LogP contribution in [0.1, 0.15) is 32.6 Å². The van der Waals surface area contributed by atoms with Crippen molar-refractivity contribution in [3.63, 3.8) is 0 Å². The van der Waals surface area contributed by atoms with Gasteiger partial charge in [0, 0.05) is 0 Å². The van der Waals surface area contributed by atoms with E-state index in [-0.39, 0.29) is 22.8 Å². The summed E-state index contributed by atoms with van der Waals surface area (Å²) in [6.07, 6.45) is 1.69. The van der Waals surface area contributed by atoms with Crippen LogP contribution in [0.2, 0.25) is 0 Å². The largest absolute Gasteiger partial charge is 0.507 e. The molecule has 3 aromatic rings. The topological polar surface area (TPSA) is 159 Å². The number of phenolic OH excluding ortho intramolecular Hbond substituents is 5. The molecule has 0 aliphatic carbocycles. The van der Waals surface area contributed by atoms with Gasteiger partial charge in [-0.05, 0) is 84.3 Å². The summed E-state index contributed by atoms with van der Waals surface area (Å²) in [4.78, 5) is 11.0. The Kier molecular flexibility index (Phi) is 6.10. The zero-order valence-corrected chi connectivity index (χ0v) is 16.4. The van der Waals surface area contributed by atoms with Crippen molar-refractivity contribution in [2.24, 2.45) is 0 Å². The van der Waals surface area contributed by atoms with Crippen LogP contribution in [-0.2, 0) is 25.7 Å². The van der Waals surface area contributed by atoms with Gasteiger partial charge < -0.3 is 35.7 Å². The summed E-state index contributed by atoms with van der Waals surface area (Å²) in [6, 6.07) is 9.86. The van der Waals surface area contributed by atoms with E-state index < -0.39 is 23.2 Å². The number of aromatic hydroxyl groups is 6. The van der Waals surface area contributed by atoms with E-state index >= 15 is 0 Å². The molecular formula is C23H22O8. The molecule has 0 aliphatic heterocycles. The Morgan fingerprint density at radius 3 is 1.55 bits per heavy atom. The minimum Gasteiger partial charge on any atom is -0.507 e. The van der Waals surface area contributed by atoms with E-state index in [0.29, 0.717) is 36.8 Å². The quantitative estimate of drug-likeness (QED) is 0.284. The Balaban J connectivity index is 1.79. The van der Waals surface area contributed by atoms with Crippen LogP contribution in [0.5, 0.6) is 34.5 Å². The molecule has 0 aliphatic rings. The fraction of sp³-hybridized carbons (Fsp3) is 0.174. The summed E-state index contributed by atoms with van der Waals surface area (Å²) >= 11 is 0. The van der Waals surface area contributed by atoms with Crippen molar-refractivity contribution in [3.05, 3.63) is 70.3 Å². The number of hydrogen-bond acceptors (Lipinski definition) is 7. The number of hydrogen-bond donors (Lipinski definition) is 7. The van der Waals surface area contributed by atoms with Crippen LogP contribution in [0.25, 0.3) is 0 Å². The number of benzene rings is 3. The first-order chi connectivity index (χ1) is 14.7. The Labute approximate surface area is 177 Å². The Morgan fingerprint density at radius 1 is 0.581 bits per heavy atom. The third-order valence-electron chi connectivity index (χ3n) is 5.08. The van der Waals surface area contributed by atoms with E-state index in [0.717, 1.165) is 11.1 Å². The monoisotopic (exact) mass is 426 g/mol. The van der Waals surface area contributed by atoms with E-state index in [1.165, 1.54) is 36.4 Å². The minimum atomic E-state index is -1.22. The van der Waals surface area contributed by atoms with Crippen LogP contribution in [0.15, 0.2) is 42.5 Å². The van der Waals surface area contributed by atoms with Gasteiger partial charge in [-0.15, -0.1) is 0 Å². The van der Waals surface area contributed by atoms with E-state index in [4.69, 9.17) is 5.11 Å². The number of rotatable bonds is 7. The first-order valence-electron chi connectivity index (χ1n) is 9.48. The summed E-state index contributed by atoms with van der Waals surface area (Å²) < 4.78 is 0. The van der Waals surface area contributed by atoms with E-state index in [1.807, 2.05) is 0 Å². The molecule has 162 valence electrons. The van der Waals surface area contributed by atoms with Crippen LogP contribution in [-0.4, -0.2) is 41.7 Å². The molecule has 3 aromatic carbocycles. The molecule has 0 spiro atoms. The van der Waals surface area contributed by atoms with Crippen molar-refractivity contribution in [2.45, 2.75) is 25.7 Å². The van der Waals surface area contributed by atoms with Gasteiger partial charge in [0.25, 0.3) is 0 Å². The normalized spacial score (nSPS) is 10.8. The van der Waals surface area contributed by atoms with Gasteiger partial charge in [0.2, 0.25) is 0 Å². The van der Waals surface area contributed by atoms with Crippen molar-refractivity contribution in [2.75, 3.05) is 0 Å². The van der Waals surface area contributed by atoms with Gasteiger partial charge in [-0.3, -0.25) is 0 Å². The maximum Gasteiger partial charge on any atom is 0.339 e. The lowest BCUT2D eigenvalue weighted by Gasteiger charge is -2.13. The zero-order valence-electron chi connectivity index (χ0n) is 16.4. The lowest BCUT2D eigenvalue weighted by atomic mass is 9.94. The van der Waals surface area contributed by atoms with Crippen LogP contribution in [0.3, 0.4) is 0 Å². The van der Waals surface area contributed by atoms with Gasteiger partial charge in [0.15, 0.2) is 28.7 Å². The second kappa shape index (κ2) is 8.74. The molecule has 7 N–H and O–H groups in total. The fourth-order valence-electron chi connectivity index (χ4n) is 3.41. The van der Waals surface area contributed by atoms with Gasteiger partial charge in [-0.2, -0.15) is 0 Å². The van der Waals surface area contributed by atoms with Crippen LogP contribution < -0.4 is 0 Å². The van der Waals surface area contributed by atoms with Crippen molar-refractivity contribution in [3.8, 4) is 34.5 Å². The molecule has 0 fully saturated rings. The lowest BCUT2D eigenvalue weighted by Crippen LogP contribution is -2.01. The molecular weight excluding hydrogens is 404 g/mol. The van der Waals surface area contributed by atoms with E-state index in [2.05, 4.69) is 0 Å². The highest BCUT2D eigenvalue weighted by molar-refractivity contribution is 5.90. The molecule has 0 bridgehead atoms. The molecule has 8 nitrogen and oxygen atoms in total. The molecule has 31 heavy (non-hydrogen) atoms. The maximum atomic E-state index is 11.0. The second-order valence-electron chi connectivity index (χ2n) is 7.25. The third-order valence-corrected chi connectivity index (χ3v) is 5.08. The Morgan fingerprint density at radius 2 is 1.06 bits per heavy atom. The highest BCUT2D eigenvalue weighted by atomic mass is 16.4. The van der Waals surface area contributed by atoms with Crippen molar-refractivity contribution < 1.29 is 40.5 Å². The highest BCUT2D eigenvalue weighted by Gasteiger charge is 2.13. The second-order valence-corrected chi connectivity index (χ2v) is 7.25. The van der Waals surface area contributed by atoms with Crippen molar-refractivity contribution in [1.29, 1.82) is 0 Å². The molecule has 0 saturated heterocycles. The fourth-order valence-corrected chi connectivity index (χ4v) is 3.41. The number of aryl methyl sites for hydroxylation is 4. The average molecular weight is 426 g/mol. The zero-order chi connectivity index (χ0) is 22.7. The predicted molar refractivity (Wildman–Crippen MR) is 111 cm³/mol. The minimum absolute atomic E-state index is 0.188. The van der Waals surface area contributed by atoms with Gasteiger partial charge in [-0.25, -0.2) is 4.79 Å². The van der Waals surface area contributed by atoms with E-state index in [9.17, 15) is 35.4 Å². The molecule has 0 saturated carbocycles. The third kappa shape index (κ3) is 4.92. The molecule has 0 amide bonds.